The molecule has 4 bridgehead atoms. The van der Waals surface area contributed by atoms with Crippen molar-refractivity contribution in [2.24, 2.45) is 23.7 Å². The van der Waals surface area contributed by atoms with Gasteiger partial charge in [-0.15, -0.1) is 0 Å². The Bertz CT molecular complexity index is 2350. The van der Waals surface area contributed by atoms with E-state index in [-0.39, 0.29) is 27.1 Å². The Kier molecular flexibility index (Phi) is 8.12. The number of benzene rings is 5. The minimum absolute atomic E-state index is 0.0412. The molecule has 12 rings (SSSR count). The molecule has 0 radical (unpaired) electrons. The van der Waals surface area contributed by atoms with Crippen LogP contribution in [0.4, 0.5) is 17.1 Å². The molecule has 0 unspecified atom stereocenters. The Morgan fingerprint density at radius 2 is 0.983 bits per heavy atom. The summed E-state index contributed by atoms with van der Waals surface area (Å²) in [5.74, 6) is 3.18. The maximum atomic E-state index is 2.70. The van der Waals surface area contributed by atoms with E-state index in [1.54, 1.807) is 11.1 Å². The molecule has 0 saturated heterocycles. The average molecular weight is 782 g/mol. The van der Waals surface area contributed by atoms with E-state index in [9.17, 15) is 0 Å². The quantitative estimate of drug-likeness (QED) is 0.179. The molecular formula is C56H63NS. The first-order chi connectivity index (χ1) is 27.7. The third kappa shape index (κ3) is 5.41. The molecule has 1 heterocycles. The second-order valence-corrected chi connectivity index (χ2v) is 23.4. The van der Waals surface area contributed by atoms with Gasteiger partial charge < -0.3 is 4.90 Å². The highest BCUT2D eigenvalue weighted by Crippen LogP contribution is 2.70. The second kappa shape index (κ2) is 12.6. The van der Waals surface area contributed by atoms with Crippen LogP contribution >= 0.6 is 11.8 Å². The van der Waals surface area contributed by atoms with Crippen molar-refractivity contribution in [3.05, 3.63) is 137 Å². The van der Waals surface area contributed by atoms with Crippen LogP contribution in [0.1, 0.15) is 147 Å². The van der Waals surface area contributed by atoms with Crippen molar-refractivity contribution in [3.8, 4) is 11.1 Å². The maximum Gasteiger partial charge on any atom is 0.0604 e. The molecule has 2 heteroatoms. The monoisotopic (exact) mass is 781 g/mol. The van der Waals surface area contributed by atoms with Gasteiger partial charge in [0.1, 0.15) is 0 Å². The van der Waals surface area contributed by atoms with Crippen molar-refractivity contribution in [3.63, 3.8) is 0 Å². The summed E-state index contributed by atoms with van der Waals surface area (Å²) in [6.45, 7) is 19.8. The molecule has 4 saturated carbocycles. The van der Waals surface area contributed by atoms with Crippen LogP contribution < -0.4 is 4.90 Å². The van der Waals surface area contributed by atoms with Gasteiger partial charge in [-0.05, 0) is 190 Å². The predicted molar refractivity (Wildman–Crippen MR) is 246 cm³/mol. The van der Waals surface area contributed by atoms with E-state index < -0.39 is 0 Å². The summed E-state index contributed by atoms with van der Waals surface area (Å²) in [7, 11) is 0. The first-order valence-electron chi connectivity index (χ1n) is 22.8. The molecule has 0 atom stereocenters. The number of hydrogen-bond donors (Lipinski definition) is 0. The van der Waals surface area contributed by atoms with Crippen LogP contribution in [0.3, 0.4) is 0 Å². The van der Waals surface area contributed by atoms with Crippen molar-refractivity contribution in [2.45, 2.75) is 150 Å². The highest BCUT2D eigenvalue weighted by atomic mass is 32.2. The summed E-state index contributed by atoms with van der Waals surface area (Å²) in [6, 6.07) is 41.4. The molecule has 5 aromatic rings. The van der Waals surface area contributed by atoms with Crippen LogP contribution in [-0.4, -0.2) is 0 Å². The molecule has 5 aromatic carbocycles. The number of anilines is 3. The second-order valence-electron chi connectivity index (χ2n) is 22.3. The average Bonchev–Trinajstić information content (AvgIpc) is 3.20. The Hall–Kier alpha value is -3.75. The number of fused-ring (bicyclic) bond motifs is 4. The highest BCUT2D eigenvalue weighted by molar-refractivity contribution is 7.99. The van der Waals surface area contributed by atoms with Gasteiger partial charge in [-0.25, -0.2) is 0 Å². The summed E-state index contributed by atoms with van der Waals surface area (Å²) in [5.41, 5.74) is 16.6. The van der Waals surface area contributed by atoms with Gasteiger partial charge in [0.2, 0.25) is 0 Å². The summed E-state index contributed by atoms with van der Waals surface area (Å²) >= 11 is 2.06. The van der Waals surface area contributed by atoms with Crippen LogP contribution in [0, 0.1) is 23.7 Å². The molecule has 0 amide bonds. The van der Waals surface area contributed by atoms with Crippen molar-refractivity contribution >= 4 is 28.8 Å². The van der Waals surface area contributed by atoms with Gasteiger partial charge in [0.25, 0.3) is 0 Å². The molecule has 1 spiro atoms. The van der Waals surface area contributed by atoms with E-state index in [4.69, 9.17) is 0 Å². The van der Waals surface area contributed by atoms with Gasteiger partial charge in [-0.1, -0.05) is 128 Å². The zero-order valence-corrected chi connectivity index (χ0v) is 37.2. The first kappa shape index (κ1) is 37.3. The third-order valence-corrected chi connectivity index (χ3v) is 18.2. The van der Waals surface area contributed by atoms with Gasteiger partial charge in [0, 0.05) is 26.6 Å². The van der Waals surface area contributed by atoms with Gasteiger partial charge >= 0.3 is 0 Å². The fraction of sp³-hybridized carbons (Fsp3) is 0.464. The predicted octanol–water partition coefficient (Wildman–Crippen LogP) is 15.7. The van der Waals surface area contributed by atoms with Crippen LogP contribution in [0.2, 0.25) is 0 Å². The summed E-state index contributed by atoms with van der Waals surface area (Å²) in [5, 5.41) is 0. The normalized spacial score (nSPS) is 28.6. The topological polar surface area (TPSA) is 3.24 Å². The summed E-state index contributed by atoms with van der Waals surface area (Å²) in [4.78, 5) is 5.67. The smallest absolute Gasteiger partial charge is 0.0604 e. The largest absolute Gasteiger partial charge is 0.309 e. The maximum absolute atomic E-state index is 2.70. The van der Waals surface area contributed by atoms with Crippen LogP contribution in [0.15, 0.2) is 113 Å². The standard InChI is InChI=1S/C56H63NS/c1-52(2)23-25-54(5,6)46-33-41(18-20-43(46)52)57(42-19-21-44-47(34-42)55(7,8)26-24-53(44,3)4)49-16-12-15-45-51(49)58-50-22-17-38(37-13-10-9-11-14-37)32-48(50)56(45)39-28-35-27-36(30-39)31-40(56)29-35/h9-22,32-36,39-40H,23-31H2,1-8H3. The van der Waals surface area contributed by atoms with E-state index in [1.807, 2.05) is 0 Å². The lowest BCUT2D eigenvalue weighted by Crippen LogP contribution is -2.57. The van der Waals surface area contributed by atoms with E-state index >= 15 is 0 Å². The van der Waals surface area contributed by atoms with Gasteiger partial charge in [-0.2, -0.15) is 0 Å². The fourth-order valence-corrected chi connectivity index (χ4v) is 15.1. The molecule has 298 valence electrons. The fourth-order valence-electron chi connectivity index (χ4n) is 13.8. The molecule has 6 aliphatic carbocycles. The Labute approximate surface area is 353 Å². The Morgan fingerprint density at radius 1 is 0.448 bits per heavy atom. The Balaban J connectivity index is 1.16. The SMILES string of the molecule is CC1(C)CCC(C)(C)c2cc(N(c3ccc4c(c3)C(C)(C)CCC4(C)C)c3cccc4c3Sc3ccc(-c5ccccc5)cc3C43C4CC5CC(C4)CC3C5)ccc21. The van der Waals surface area contributed by atoms with Crippen molar-refractivity contribution < 1.29 is 0 Å². The molecular weight excluding hydrogens is 719 g/mol. The first-order valence-corrected chi connectivity index (χ1v) is 23.6. The molecule has 4 fully saturated rings. The van der Waals surface area contributed by atoms with Crippen molar-refractivity contribution in [2.75, 3.05) is 4.90 Å². The molecule has 1 aliphatic heterocycles. The Morgan fingerprint density at radius 3 is 1.53 bits per heavy atom. The summed E-state index contributed by atoms with van der Waals surface area (Å²) in [6.07, 6.45) is 11.9. The number of nitrogens with zero attached hydrogens (tertiary/aromatic N) is 1. The van der Waals surface area contributed by atoms with Crippen molar-refractivity contribution in [1.82, 2.24) is 0 Å². The number of hydrogen-bond acceptors (Lipinski definition) is 2. The van der Waals surface area contributed by atoms with Crippen LogP contribution in [0.25, 0.3) is 11.1 Å². The van der Waals surface area contributed by atoms with Gasteiger partial charge in [0.15, 0.2) is 0 Å². The lowest BCUT2D eigenvalue weighted by Gasteiger charge is -2.63. The summed E-state index contributed by atoms with van der Waals surface area (Å²) < 4.78 is 0. The highest BCUT2D eigenvalue weighted by Gasteiger charge is 2.61. The van der Waals surface area contributed by atoms with Gasteiger partial charge in [-0.3, -0.25) is 0 Å². The van der Waals surface area contributed by atoms with E-state index in [2.05, 4.69) is 175 Å². The van der Waals surface area contributed by atoms with Crippen LogP contribution in [0.5, 0.6) is 0 Å². The molecule has 58 heavy (non-hydrogen) atoms. The van der Waals surface area contributed by atoms with Crippen molar-refractivity contribution in [1.29, 1.82) is 0 Å². The molecule has 7 aliphatic rings. The minimum Gasteiger partial charge on any atom is -0.309 e. The molecule has 0 N–H and O–H groups in total. The van der Waals surface area contributed by atoms with Gasteiger partial charge in [0.05, 0.1) is 5.69 Å². The zero-order valence-electron chi connectivity index (χ0n) is 36.3. The zero-order chi connectivity index (χ0) is 40.0. The number of rotatable bonds is 4. The van der Waals surface area contributed by atoms with E-state index in [0.717, 1.165) is 11.8 Å². The molecule has 1 nitrogen and oxygen atoms in total. The lowest BCUT2D eigenvalue weighted by atomic mass is 9.42. The lowest BCUT2D eigenvalue weighted by molar-refractivity contribution is -0.0443. The molecule has 0 aromatic heterocycles. The van der Waals surface area contributed by atoms with Crippen LogP contribution in [-0.2, 0) is 27.1 Å². The van der Waals surface area contributed by atoms with E-state index in [1.165, 1.54) is 118 Å². The van der Waals surface area contributed by atoms with E-state index in [0.29, 0.717) is 11.8 Å². The third-order valence-electron chi connectivity index (χ3n) is 17.0. The minimum atomic E-state index is 0.0412.